The number of hydrogen-bond donors (Lipinski definition) is 1. The molecule has 2 aromatic carbocycles. The maximum atomic E-state index is 6.10. The van der Waals surface area contributed by atoms with Gasteiger partial charge in [0.15, 0.2) is 0 Å². The van der Waals surface area contributed by atoms with Crippen LogP contribution in [-0.2, 0) is 6.54 Å². The van der Waals surface area contributed by atoms with Gasteiger partial charge in [0.2, 0.25) is 0 Å². The lowest BCUT2D eigenvalue weighted by Gasteiger charge is -2.10. The molecule has 0 aromatic heterocycles. The molecular formula is C16H14Cl3NO. The van der Waals surface area contributed by atoms with Gasteiger partial charge in [0, 0.05) is 18.7 Å². The third-order valence-corrected chi connectivity index (χ3v) is 4.32. The second-order valence-corrected chi connectivity index (χ2v) is 6.32. The summed E-state index contributed by atoms with van der Waals surface area (Å²) in [4.78, 5) is 0. The highest BCUT2D eigenvalue weighted by atomic mass is 35.5. The summed E-state index contributed by atoms with van der Waals surface area (Å²) in [6.45, 7) is 0.887. The van der Waals surface area contributed by atoms with Gasteiger partial charge in [0.25, 0.3) is 0 Å². The van der Waals surface area contributed by atoms with Gasteiger partial charge in [-0.1, -0.05) is 46.9 Å². The Kier molecular flexibility index (Phi) is 4.60. The Labute approximate surface area is 139 Å². The van der Waals surface area contributed by atoms with E-state index in [0.29, 0.717) is 32.6 Å². The maximum Gasteiger partial charge on any atom is 0.147 e. The van der Waals surface area contributed by atoms with Crippen LogP contribution in [0.2, 0.25) is 15.1 Å². The van der Waals surface area contributed by atoms with E-state index in [2.05, 4.69) is 5.32 Å². The molecule has 0 amide bonds. The zero-order valence-corrected chi connectivity index (χ0v) is 13.5. The molecule has 2 aromatic rings. The number of nitrogens with one attached hydrogen (secondary N) is 1. The molecule has 0 unspecified atom stereocenters. The molecule has 21 heavy (non-hydrogen) atoms. The van der Waals surface area contributed by atoms with Crippen molar-refractivity contribution in [2.24, 2.45) is 0 Å². The van der Waals surface area contributed by atoms with Crippen LogP contribution in [0.3, 0.4) is 0 Å². The Hall–Kier alpha value is -0.930. The molecule has 0 radical (unpaired) electrons. The van der Waals surface area contributed by atoms with Crippen LogP contribution < -0.4 is 10.1 Å². The predicted molar refractivity (Wildman–Crippen MR) is 87.8 cm³/mol. The molecule has 0 bridgehead atoms. The Bertz CT molecular complexity index is 639. The van der Waals surface area contributed by atoms with E-state index >= 15 is 0 Å². The normalized spacial score (nSPS) is 14.2. The molecule has 5 heteroatoms. The molecule has 0 atom stereocenters. The molecule has 0 saturated heterocycles. The SMILES string of the molecule is Clc1cc(Cl)c(Oc2ccc(CNC3CC3)cc2)cc1Cl. The molecule has 1 N–H and O–H groups in total. The molecule has 0 heterocycles. The van der Waals surface area contributed by atoms with Crippen LogP contribution in [0.4, 0.5) is 0 Å². The van der Waals surface area contributed by atoms with Crippen molar-refractivity contribution in [2.45, 2.75) is 25.4 Å². The van der Waals surface area contributed by atoms with E-state index in [4.69, 9.17) is 39.5 Å². The first-order chi connectivity index (χ1) is 10.1. The fourth-order valence-electron chi connectivity index (χ4n) is 1.93. The van der Waals surface area contributed by atoms with Crippen LogP contribution in [0.25, 0.3) is 0 Å². The maximum absolute atomic E-state index is 6.10. The summed E-state index contributed by atoms with van der Waals surface area (Å²) in [6, 6.07) is 11.8. The van der Waals surface area contributed by atoms with Crippen molar-refractivity contribution in [3.05, 3.63) is 57.0 Å². The lowest BCUT2D eigenvalue weighted by Crippen LogP contribution is -2.14. The second kappa shape index (κ2) is 6.45. The number of benzene rings is 2. The van der Waals surface area contributed by atoms with E-state index < -0.39 is 0 Å². The lowest BCUT2D eigenvalue weighted by atomic mass is 10.2. The van der Waals surface area contributed by atoms with Crippen LogP contribution in [0.1, 0.15) is 18.4 Å². The largest absolute Gasteiger partial charge is 0.456 e. The molecule has 110 valence electrons. The fourth-order valence-corrected chi connectivity index (χ4v) is 2.51. The summed E-state index contributed by atoms with van der Waals surface area (Å²) in [5.41, 5.74) is 1.23. The molecule has 3 rings (SSSR count). The van der Waals surface area contributed by atoms with E-state index in [1.54, 1.807) is 12.1 Å². The van der Waals surface area contributed by atoms with Crippen LogP contribution in [0.15, 0.2) is 36.4 Å². The van der Waals surface area contributed by atoms with E-state index in [0.717, 1.165) is 6.54 Å². The first kappa shape index (κ1) is 15.0. The highest BCUT2D eigenvalue weighted by Gasteiger charge is 2.19. The molecule has 1 fully saturated rings. The third-order valence-electron chi connectivity index (χ3n) is 3.30. The third kappa shape index (κ3) is 4.04. The van der Waals surface area contributed by atoms with Crippen LogP contribution >= 0.6 is 34.8 Å². The van der Waals surface area contributed by atoms with Gasteiger partial charge >= 0.3 is 0 Å². The molecule has 1 aliphatic carbocycles. The molecule has 1 aliphatic rings. The van der Waals surface area contributed by atoms with Gasteiger partial charge in [-0.3, -0.25) is 0 Å². The summed E-state index contributed by atoms with van der Waals surface area (Å²) in [5.74, 6) is 1.21. The second-order valence-electron chi connectivity index (χ2n) is 5.10. The first-order valence-corrected chi connectivity index (χ1v) is 7.90. The summed E-state index contributed by atoms with van der Waals surface area (Å²) in [6.07, 6.45) is 2.58. The summed E-state index contributed by atoms with van der Waals surface area (Å²) < 4.78 is 5.74. The zero-order chi connectivity index (χ0) is 14.8. The van der Waals surface area contributed by atoms with E-state index in [-0.39, 0.29) is 0 Å². The van der Waals surface area contributed by atoms with E-state index in [1.807, 2.05) is 24.3 Å². The van der Waals surface area contributed by atoms with E-state index in [9.17, 15) is 0 Å². The molecular weight excluding hydrogens is 329 g/mol. The van der Waals surface area contributed by atoms with Gasteiger partial charge in [-0.2, -0.15) is 0 Å². The Morgan fingerprint density at radius 1 is 0.952 bits per heavy atom. The van der Waals surface area contributed by atoms with Gasteiger partial charge < -0.3 is 10.1 Å². The van der Waals surface area contributed by atoms with Crippen molar-refractivity contribution in [2.75, 3.05) is 0 Å². The predicted octanol–water partition coefficient (Wildman–Crippen LogP) is 5.69. The van der Waals surface area contributed by atoms with Gasteiger partial charge in [0.05, 0.1) is 15.1 Å². The van der Waals surface area contributed by atoms with Crippen molar-refractivity contribution in [1.29, 1.82) is 0 Å². The van der Waals surface area contributed by atoms with E-state index in [1.165, 1.54) is 18.4 Å². The minimum Gasteiger partial charge on any atom is -0.456 e. The monoisotopic (exact) mass is 341 g/mol. The number of rotatable bonds is 5. The van der Waals surface area contributed by atoms with Gasteiger partial charge in [-0.25, -0.2) is 0 Å². The Balaban J connectivity index is 1.68. The van der Waals surface area contributed by atoms with Gasteiger partial charge in [-0.05, 0) is 36.6 Å². The van der Waals surface area contributed by atoms with Gasteiger partial charge in [-0.15, -0.1) is 0 Å². The van der Waals surface area contributed by atoms with Crippen molar-refractivity contribution >= 4 is 34.8 Å². The Morgan fingerprint density at radius 3 is 2.29 bits per heavy atom. The number of ether oxygens (including phenoxy) is 1. The highest BCUT2D eigenvalue weighted by Crippen LogP contribution is 2.36. The topological polar surface area (TPSA) is 21.3 Å². The molecule has 0 spiro atoms. The molecule has 0 aliphatic heterocycles. The van der Waals surface area contributed by atoms with Crippen LogP contribution in [-0.4, -0.2) is 6.04 Å². The highest BCUT2D eigenvalue weighted by molar-refractivity contribution is 6.43. The fraction of sp³-hybridized carbons (Fsp3) is 0.250. The quantitative estimate of drug-likeness (QED) is 0.705. The first-order valence-electron chi connectivity index (χ1n) is 6.76. The summed E-state index contributed by atoms with van der Waals surface area (Å²) >= 11 is 18.0. The van der Waals surface area contributed by atoms with Crippen molar-refractivity contribution in [3.63, 3.8) is 0 Å². The minimum absolute atomic E-state index is 0.413. The van der Waals surface area contributed by atoms with Crippen molar-refractivity contribution in [3.8, 4) is 11.5 Å². The summed E-state index contributed by atoms with van der Waals surface area (Å²) in [5, 5.41) is 4.74. The lowest BCUT2D eigenvalue weighted by molar-refractivity contribution is 0.482. The van der Waals surface area contributed by atoms with Crippen LogP contribution in [0, 0.1) is 0 Å². The smallest absolute Gasteiger partial charge is 0.147 e. The summed E-state index contributed by atoms with van der Waals surface area (Å²) in [7, 11) is 0. The van der Waals surface area contributed by atoms with Crippen molar-refractivity contribution < 1.29 is 4.74 Å². The van der Waals surface area contributed by atoms with Crippen LogP contribution in [0.5, 0.6) is 11.5 Å². The molecule has 1 saturated carbocycles. The average Bonchev–Trinajstić information content (AvgIpc) is 3.28. The Morgan fingerprint density at radius 2 is 1.62 bits per heavy atom. The minimum atomic E-state index is 0.413. The standard InChI is InChI=1S/C16H14Cl3NO/c17-13-7-15(19)16(8-14(13)18)21-12-5-1-10(2-6-12)9-20-11-3-4-11/h1-2,5-8,11,20H,3-4,9H2. The average molecular weight is 343 g/mol. The van der Waals surface area contributed by atoms with Gasteiger partial charge in [0.1, 0.15) is 11.5 Å². The number of halogens is 3. The number of hydrogen-bond acceptors (Lipinski definition) is 2. The molecule has 2 nitrogen and oxygen atoms in total. The zero-order valence-electron chi connectivity index (χ0n) is 11.2. The van der Waals surface area contributed by atoms with Crippen molar-refractivity contribution in [1.82, 2.24) is 5.32 Å².